The first-order valence-electron chi connectivity index (χ1n) is 7.72. The Hall–Kier alpha value is -0.820. The maximum absolute atomic E-state index is 4.17. The van der Waals surface area contributed by atoms with Gasteiger partial charge in [0.2, 0.25) is 0 Å². The van der Waals surface area contributed by atoms with Gasteiger partial charge in [0.15, 0.2) is 0 Å². The SMILES string of the molecule is C=C(C)C1CCC2(C)CC(CNCC)=CC(C)=C2C1. The highest BCUT2D eigenvalue weighted by Gasteiger charge is 2.38. The zero-order valence-electron chi connectivity index (χ0n) is 13.1. The van der Waals surface area contributed by atoms with Gasteiger partial charge in [-0.05, 0) is 57.4 Å². The Morgan fingerprint density at radius 3 is 2.89 bits per heavy atom. The number of nitrogens with one attached hydrogen (secondary N) is 1. The molecule has 2 aliphatic rings. The van der Waals surface area contributed by atoms with E-state index in [1.807, 2.05) is 0 Å². The van der Waals surface area contributed by atoms with Crippen LogP contribution < -0.4 is 5.32 Å². The zero-order valence-corrected chi connectivity index (χ0v) is 13.1. The molecule has 0 spiro atoms. The first kappa shape index (κ1) is 14.6. The van der Waals surface area contributed by atoms with Crippen LogP contribution in [0.1, 0.15) is 53.4 Å². The van der Waals surface area contributed by atoms with E-state index in [-0.39, 0.29) is 0 Å². The molecule has 0 heterocycles. The fraction of sp³-hybridized carbons (Fsp3) is 0.667. The third kappa shape index (κ3) is 3.02. The van der Waals surface area contributed by atoms with Crippen molar-refractivity contribution in [3.05, 3.63) is 34.9 Å². The summed E-state index contributed by atoms with van der Waals surface area (Å²) < 4.78 is 0. The number of likely N-dealkylation sites (N-methyl/N-ethyl adjacent to an activating group) is 1. The van der Waals surface area contributed by atoms with Gasteiger partial charge in [-0.25, -0.2) is 0 Å². The van der Waals surface area contributed by atoms with Gasteiger partial charge < -0.3 is 5.32 Å². The summed E-state index contributed by atoms with van der Waals surface area (Å²) in [6.45, 7) is 15.4. The van der Waals surface area contributed by atoms with Gasteiger partial charge in [-0.1, -0.05) is 48.8 Å². The van der Waals surface area contributed by atoms with E-state index in [4.69, 9.17) is 0 Å². The highest BCUT2D eigenvalue weighted by Crippen LogP contribution is 2.51. The van der Waals surface area contributed by atoms with Crippen molar-refractivity contribution in [2.24, 2.45) is 11.3 Å². The van der Waals surface area contributed by atoms with Crippen molar-refractivity contribution in [2.45, 2.75) is 53.4 Å². The van der Waals surface area contributed by atoms with E-state index in [0.29, 0.717) is 11.3 Å². The van der Waals surface area contributed by atoms with Gasteiger partial charge in [0.1, 0.15) is 0 Å². The molecule has 2 aliphatic carbocycles. The van der Waals surface area contributed by atoms with Crippen LogP contribution in [0.3, 0.4) is 0 Å². The van der Waals surface area contributed by atoms with E-state index in [1.165, 1.54) is 36.8 Å². The smallest absolute Gasteiger partial charge is 0.0168 e. The van der Waals surface area contributed by atoms with Crippen LogP contribution in [-0.4, -0.2) is 13.1 Å². The van der Waals surface area contributed by atoms with Crippen molar-refractivity contribution in [3.8, 4) is 0 Å². The standard InChI is InChI=1S/C18H29N/c1-6-19-12-15-9-14(4)17-10-16(13(2)3)7-8-18(17,5)11-15/h9,16,19H,2,6-8,10-12H2,1,3-5H3. The van der Waals surface area contributed by atoms with Gasteiger partial charge in [-0.15, -0.1) is 0 Å². The fourth-order valence-corrected chi connectivity index (χ4v) is 3.84. The third-order valence-corrected chi connectivity index (χ3v) is 5.04. The van der Waals surface area contributed by atoms with Crippen molar-refractivity contribution in [1.82, 2.24) is 5.32 Å². The summed E-state index contributed by atoms with van der Waals surface area (Å²) in [5.41, 5.74) is 6.58. The molecule has 1 fully saturated rings. The minimum absolute atomic E-state index is 0.412. The lowest BCUT2D eigenvalue weighted by atomic mass is 9.61. The molecule has 1 nitrogen and oxygen atoms in total. The van der Waals surface area contributed by atoms with Crippen LogP contribution in [0.2, 0.25) is 0 Å². The van der Waals surface area contributed by atoms with Crippen molar-refractivity contribution in [2.75, 3.05) is 13.1 Å². The van der Waals surface area contributed by atoms with E-state index in [1.54, 1.807) is 11.1 Å². The van der Waals surface area contributed by atoms with Crippen molar-refractivity contribution >= 4 is 0 Å². The monoisotopic (exact) mass is 259 g/mol. The number of rotatable bonds is 4. The van der Waals surface area contributed by atoms with Gasteiger partial charge in [0.25, 0.3) is 0 Å². The Morgan fingerprint density at radius 1 is 1.53 bits per heavy atom. The first-order valence-corrected chi connectivity index (χ1v) is 7.72. The molecule has 0 aliphatic heterocycles. The topological polar surface area (TPSA) is 12.0 Å². The second-order valence-electron chi connectivity index (χ2n) is 6.77. The summed E-state index contributed by atoms with van der Waals surface area (Å²) in [6, 6.07) is 0. The largest absolute Gasteiger partial charge is 0.313 e. The van der Waals surface area contributed by atoms with Gasteiger partial charge in [0, 0.05) is 6.54 Å². The molecule has 1 heteroatoms. The average Bonchev–Trinajstić information content (AvgIpc) is 2.35. The molecule has 106 valence electrons. The molecule has 1 N–H and O–H groups in total. The lowest BCUT2D eigenvalue weighted by molar-refractivity contribution is 0.258. The number of hydrogen-bond donors (Lipinski definition) is 1. The summed E-state index contributed by atoms with van der Waals surface area (Å²) >= 11 is 0. The Balaban J connectivity index is 2.22. The van der Waals surface area contributed by atoms with Crippen molar-refractivity contribution < 1.29 is 0 Å². The second-order valence-corrected chi connectivity index (χ2v) is 6.77. The Labute approximate surface area is 118 Å². The summed E-state index contributed by atoms with van der Waals surface area (Å²) in [4.78, 5) is 0. The van der Waals surface area contributed by atoms with Crippen LogP contribution in [-0.2, 0) is 0 Å². The van der Waals surface area contributed by atoms with E-state index in [2.05, 4.69) is 45.7 Å². The Kier molecular flexibility index (Phi) is 4.35. The molecule has 1 saturated carbocycles. The molecule has 0 bridgehead atoms. The second kappa shape index (κ2) is 5.66. The minimum Gasteiger partial charge on any atom is -0.313 e. The molecule has 2 atom stereocenters. The number of hydrogen-bond acceptors (Lipinski definition) is 1. The predicted octanol–water partition coefficient (Wildman–Crippen LogP) is 4.63. The van der Waals surface area contributed by atoms with E-state index >= 15 is 0 Å². The highest BCUT2D eigenvalue weighted by molar-refractivity contribution is 5.39. The maximum Gasteiger partial charge on any atom is 0.0168 e. The summed E-state index contributed by atoms with van der Waals surface area (Å²) in [5.74, 6) is 0.710. The molecule has 0 radical (unpaired) electrons. The molecule has 0 aromatic rings. The maximum atomic E-state index is 4.17. The van der Waals surface area contributed by atoms with Crippen LogP contribution >= 0.6 is 0 Å². The number of allylic oxidation sites excluding steroid dienone is 4. The molecule has 0 aromatic carbocycles. The molecule has 2 unspecified atom stereocenters. The van der Waals surface area contributed by atoms with Crippen LogP contribution in [0.5, 0.6) is 0 Å². The highest BCUT2D eigenvalue weighted by atomic mass is 14.8. The molecular weight excluding hydrogens is 230 g/mol. The zero-order chi connectivity index (χ0) is 14.0. The minimum atomic E-state index is 0.412. The summed E-state index contributed by atoms with van der Waals surface area (Å²) in [5, 5.41) is 3.47. The molecular formula is C18H29N. The summed E-state index contributed by atoms with van der Waals surface area (Å²) in [7, 11) is 0. The van der Waals surface area contributed by atoms with Crippen molar-refractivity contribution in [3.63, 3.8) is 0 Å². The quantitative estimate of drug-likeness (QED) is 0.726. The van der Waals surface area contributed by atoms with Crippen LogP contribution in [0.25, 0.3) is 0 Å². The lowest BCUT2D eigenvalue weighted by Gasteiger charge is -2.44. The normalized spacial score (nSPS) is 30.9. The van der Waals surface area contributed by atoms with Gasteiger partial charge in [-0.2, -0.15) is 0 Å². The van der Waals surface area contributed by atoms with E-state index in [9.17, 15) is 0 Å². The molecule has 0 aromatic heterocycles. The third-order valence-electron chi connectivity index (χ3n) is 5.04. The van der Waals surface area contributed by atoms with Gasteiger partial charge >= 0.3 is 0 Å². The molecule has 0 saturated heterocycles. The number of fused-ring (bicyclic) bond motifs is 1. The Morgan fingerprint density at radius 2 is 2.26 bits per heavy atom. The Bertz CT molecular complexity index is 427. The van der Waals surface area contributed by atoms with Crippen LogP contribution in [0.4, 0.5) is 0 Å². The van der Waals surface area contributed by atoms with Crippen molar-refractivity contribution in [1.29, 1.82) is 0 Å². The lowest BCUT2D eigenvalue weighted by Crippen LogP contribution is -2.32. The van der Waals surface area contributed by atoms with E-state index < -0.39 is 0 Å². The van der Waals surface area contributed by atoms with Crippen LogP contribution in [0.15, 0.2) is 34.9 Å². The molecule has 0 amide bonds. The van der Waals surface area contributed by atoms with E-state index in [0.717, 1.165) is 13.1 Å². The predicted molar refractivity (Wildman–Crippen MR) is 84.2 cm³/mol. The average molecular weight is 259 g/mol. The summed E-state index contributed by atoms with van der Waals surface area (Å²) in [6.07, 6.45) is 7.55. The van der Waals surface area contributed by atoms with Gasteiger partial charge in [-0.3, -0.25) is 0 Å². The van der Waals surface area contributed by atoms with Crippen LogP contribution in [0, 0.1) is 11.3 Å². The molecule has 19 heavy (non-hydrogen) atoms. The van der Waals surface area contributed by atoms with Gasteiger partial charge in [0.05, 0.1) is 0 Å². The first-order chi connectivity index (χ1) is 8.96. The fourth-order valence-electron chi connectivity index (χ4n) is 3.84. The molecule has 2 rings (SSSR count).